The minimum Gasteiger partial charge on any atom is -0.383 e. The number of hydrogen-bond acceptors (Lipinski definition) is 3. The van der Waals surface area contributed by atoms with Crippen LogP contribution in [0, 0.1) is 5.41 Å². The maximum Gasteiger partial charge on any atom is 0.0589 e. The molecule has 0 aromatic rings. The SMILES string of the molecule is COCCN1CCC2(CCN(C)CC2)C1. The monoisotopic (exact) mass is 212 g/mol. The summed E-state index contributed by atoms with van der Waals surface area (Å²) in [6.07, 6.45) is 4.20. The lowest BCUT2D eigenvalue weighted by atomic mass is 9.78. The van der Waals surface area contributed by atoms with Gasteiger partial charge < -0.3 is 14.5 Å². The van der Waals surface area contributed by atoms with Crippen molar-refractivity contribution in [1.29, 1.82) is 0 Å². The molecule has 88 valence electrons. The minimum absolute atomic E-state index is 0.653. The van der Waals surface area contributed by atoms with E-state index in [-0.39, 0.29) is 0 Å². The van der Waals surface area contributed by atoms with E-state index < -0.39 is 0 Å². The van der Waals surface area contributed by atoms with Gasteiger partial charge >= 0.3 is 0 Å². The summed E-state index contributed by atoms with van der Waals surface area (Å²) in [4.78, 5) is 5.04. The molecule has 3 heteroatoms. The highest BCUT2D eigenvalue weighted by Gasteiger charge is 2.39. The molecule has 0 unspecified atom stereocenters. The molecule has 2 aliphatic rings. The topological polar surface area (TPSA) is 15.7 Å². The van der Waals surface area contributed by atoms with E-state index in [2.05, 4.69) is 16.8 Å². The van der Waals surface area contributed by atoms with Gasteiger partial charge in [-0.3, -0.25) is 0 Å². The van der Waals surface area contributed by atoms with Gasteiger partial charge in [0.05, 0.1) is 6.61 Å². The van der Waals surface area contributed by atoms with Crippen LogP contribution in [0.4, 0.5) is 0 Å². The molecule has 0 N–H and O–H groups in total. The second kappa shape index (κ2) is 4.81. The maximum atomic E-state index is 5.15. The van der Waals surface area contributed by atoms with E-state index in [0.29, 0.717) is 5.41 Å². The van der Waals surface area contributed by atoms with Crippen molar-refractivity contribution < 1.29 is 4.74 Å². The van der Waals surface area contributed by atoms with Gasteiger partial charge in [0, 0.05) is 20.2 Å². The van der Waals surface area contributed by atoms with Crippen molar-refractivity contribution in [2.24, 2.45) is 5.41 Å². The number of ether oxygens (including phenoxy) is 1. The Hall–Kier alpha value is -0.120. The van der Waals surface area contributed by atoms with Crippen molar-refractivity contribution in [3.63, 3.8) is 0 Å². The number of rotatable bonds is 3. The highest BCUT2D eigenvalue weighted by Crippen LogP contribution is 2.39. The number of hydrogen-bond donors (Lipinski definition) is 0. The van der Waals surface area contributed by atoms with Crippen LogP contribution >= 0.6 is 0 Å². The molecule has 0 atom stereocenters. The van der Waals surface area contributed by atoms with E-state index in [1.165, 1.54) is 45.4 Å². The Kier molecular flexibility index (Phi) is 3.65. The van der Waals surface area contributed by atoms with Gasteiger partial charge in [0.2, 0.25) is 0 Å². The molecule has 0 aromatic carbocycles. The summed E-state index contributed by atoms with van der Waals surface area (Å²) in [6, 6.07) is 0. The zero-order valence-corrected chi connectivity index (χ0v) is 10.2. The molecule has 0 aliphatic carbocycles. The molecule has 0 aromatic heterocycles. The fourth-order valence-electron chi connectivity index (χ4n) is 2.94. The van der Waals surface area contributed by atoms with Crippen LogP contribution in [-0.2, 0) is 4.74 Å². The zero-order chi connectivity index (χ0) is 10.7. The van der Waals surface area contributed by atoms with Crippen LogP contribution in [0.3, 0.4) is 0 Å². The average molecular weight is 212 g/mol. The summed E-state index contributed by atoms with van der Waals surface area (Å²) in [5.41, 5.74) is 0.653. The van der Waals surface area contributed by atoms with Crippen LogP contribution in [0.1, 0.15) is 19.3 Å². The molecule has 2 fully saturated rings. The van der Waals surface area contributed by atoms with E-state index in [1.807, 2.05) is 0 Å². The van der Waals surface area contributed by atoms with Gasteiger partial charge in [-0.05, 0) is 51.4 Å². The molecular formula is C12H24N2O. The fraction of sp³-hybridized carbons (Fsp3) is 1.00. The van der Waals surface area contributed by atoms with Crippen LogP contribution in [-0.4, -0.2) is 63.3 Å². The first-order valence-electron chi connectivity index (χ1n) is 6.14. The van der Waals surface area contributed by atoms with E-state index >= 15 is 0 Å². The van der Waals surface area contributed by atoms with Crippen LogP contribution in [0.5, 0.6) is 0 Å². The first kappa shape index (κ1) is 11.4. The molecule has 15 heavy (non-hydrogen) atoms. The summed E-state index contributed by atoms with van der Waals surface area (Å²) in [7, 11) is 4.03. The van der Waals surface area contributed by atoms with Crippen molar-refractivity contribution in [1.82, 2.24) is 9.80 Å². The maximum absolute atomic E-state index is 5.15. The third-order valence-corrected chi connectivity index (χ3v) is 4.18. The summed E-state index contributed by atoms with van der Waals surface area (Å²) in [5, 5.41) is 0. The molecule has 3 nitrogen and oxygen atoms in total. The van der Waals surface area contributed by atoms with Crippen molar-refractivity contribution in [2.75, 3.05) is 53.5 Å². The van der Waals surface area contributed by atoms with Gasteiger partial charge in [-0.1, -0.05) is 0 Å². The second-order valence-corrected chi connectivity index (χ2v) is 5.32. The third kappa shape index (κ3) is 2.71. The average Bonchev–Trinajstić information content (AvgIpc) is 2.64. The minimum atomic E-state index is 0.653. The van der Waals surface area contributed by atoms with Crippen LogP contribution in [0.2, 0.25) is 0 Å². The molecule has 0 saturated carbocycles. The number of piperidine rings is 1. The van der Waals surface area contributed by atoms with E-state index in [1.54, 1.807) is 7.11 Å². The van der Waals surface area contributed by atoms with Crippen LogP contribution in [0.25, 0.3) is 0 Å². The summed E-state index contributed by atoms with van der Waals surface area (Å²) >= 11 is 0. The zero-order valence-electron chi connectivity index (χ0n) is 10.2. The third-order valence-electron chi connectivity index (χ3n) is 4.18. The van der Waals surface area contributed by atoms with Gasteiger partial charge in [0.25, 0.3) is 0 Å². The Balaban J connectivity index is 1.80. The number of likely N-dealkylation sites (tertiary alicyclic amines) is 2. The molecule has 1 spiro atoms. The molecule has 0 radical (unpaired) electrons. The summed E-state index contributed by atoms with van der Waals surface area (Å²) in [6.45, 7) is 7.18. The lowest BCUT2D eigenvalue weighted by molar-refractivity contribution is 0.114. The molecule has 2 aliphatic heterocycles. The quantitative estimate of drug-likeness (QED) is 0.695. The van der Waals surface area contributed by atoms with Gasteiger partial charge in [0.1, 0.15) is 0 Å². The first-order valence-corrected chi connectivity index (χ1v) is 6.14. The molecule has 2 rings (SSSR count). The van der Waals surface area contributed by atoms with Crippen molar-refractivity contribution in [3.8, 4) is 0 Å². The van der Waals surface area contributed by atoms with E-state index in [9.17, 15) is 0 Å². The van der Waals surface area contributed by atoms with Crippen LogP contribution in [0.15, 0.2) is 0 Å². The Morgan fingerprint density at radius 3 is 2.47 bits per heavy atom. The largest absolute Gasteiger partial charge is 0.383 e. The molecular weight excluding hydrogens is 188 g/mol. The highest BCUT2D eigenvalue weighted by atomic mass is 16.5. The summed E-state index contributed by atoms with van der Waals surface area (Å²) < 4.78 is 5.15. The molecule has 0 amide bonds. The van der Waals surface area contributed by atoms with Crippen molar-refractivity contribution >= 4 is 0 Å². The fourth-order valence-corrected chi connectivity index (χ4v) is 2.94. The normalized spacial score (nSPS) is 27.6. The molecule has 2 saturated heterocycles. The van der Waals surface area contributed by atoms with Crippen molar-refractivity contribution in [3.05, 3.63) is 0 Å². The smallest absolute Gasteiger partial charge is 0.0589 e. The first-order chi connectivity index (χ1) is 7.24. The predicted molar refractivity (Wildman–Crippen MR) is 62.1 cm³/mol. The highest BCUT2D eigenvalue weighted by molar-refractivity contribution is 4.93. The lowest BCUT2D eigenvalue weighted by Gasteiger charge is -2.37. The van der Waals surface area contributed by atoms with Gasteiger partial charge in [-0.15, -0.1) is 0 Å². The second-order valence-electron chi connectivity index (χ2n) is 5.32. The predicted octanol–water partition coefficient (Wildman–Crippen LogP) is 1.05. The lowest BCUT2D eigenvalue weighted by Crippen LogP contribution is -2.40. The Morgan fingerprint density at radius 2 is 1.80 bits per heavy atom. The summed E-state index contributed by atoms with van der Waals surface area (Å²) in [5.74, 6) is 0. The number of nitrogens with zero attached hydrogens (tertiary/aromatic N) is 2. The van der Waals surface area contributed by atoms with Gasteiger partial charge in [0.15, 0.2) is 0 Å². The van der Waals surface area contributed by atoms with E-state index in [4.69, 9.17) is 4.74 Å². The molecule has 2 heterocycles. The Bertz CT molecular complexity index is 200. The van der Waals surface area contributed by atoms with Gasteiger partial charge in [-0.25, -0.2) is 0 Å². The Labute approximate surface area is 93.4 Å². The van der Waals surface area contributed by atoms with Gasteiger partial charge in [-0.2, -0.15) is 0 Å². The standard InChI is InChI=1S/C12H24N2O/c1-13-6-3-12(4-7-13)5-8-14(11-12)9-10-15-2/h3-11H2,1-2H3. The Morgan fingerprint density at radius 1 is 1.13 bits per heavy atom. The number of methoxy groups -OCH3 is 1. The van der Waals surface area contributed by atoms with Crippen molar-refractivity contribution in [2.45, 2.75) is 19.3 Å². The molecule has 0 bridgehead atoms. The van der Waals surface area contributed by atoms with E-state index in [0.717, 1.165) is 13.2 Å². The van der Waals surface area contributed by atoms with Crippen LogP contribution < -0.4 is 0 Å².